The topological polar surface area (TPSA) is 114 Å². The molecule has 3 amide bonds. The highest BCUT2D eigenvalue weighted by atomic mass is 35.5. The molecule has 0 bridgehead atoms. The van der Waals surface area contributed by atoms with Crippen molar-refractivity contribution in [1.29, 1.82) is 0 Å². The molecule has 2 N–H and O–H groups in total. The molecule has 1 fully saturated rings. The molecule has 4 rings (SSSR count). The number of hydrogen-bond donors (Lipinski definition) is 2. The van der Waals surface area contributed by atoms with Crippen LogP contribution >= 0.6 is 11.6 Å². The minimum Gasteiger partial charge on any atom is -0.441 e. The van der Waals surface area contributed by atoms with Gasteiger partial charge in [0.25, 0.3) is 0 Å². The molecular formula is C22H24ClN7O3. The number of carbonyl (C=O) groups is 2. The highest BCUT2D eigenvalue weighted by Gasteiger charge is 2.21. The second-order valence-corrected chi connectivity index (χ2v) is 8.07. The van der Waals surface area contributed by atoms with Crippen LogP contribution in [0.1, 0.15) is 31.4 Å². The quantitative estimate of drug-likeness (QED) is 0.569. The van der Waals surface area contributed by atoms with Gasteiger partial charge in [-0.05, 0) is 38.0 Å². The Morgan fingerprint density at radius 3 is 2.58 bits per heavy atom. The van der Waals surface area contributed by atoms with Crippen LogP contribution in [0.5, 0.6) is 0 Å². The number of benzene rings is 1. The van der Waals surface area contributed by atoms with Gasteiger partial charge in [0.15, 0.2) is 11.5 Å². The number of urea groups is 1. The molecule has 1 aromatic carbocycles. The summed E-state index contributed by atoms with van der Waals surface area (Å²) in [6, 6.07) is 10.5. The summed E-state index contributed by atoms with van der Waals surface area (Å²) in [5.41, 5.74) is 2.13. The normalized spacial score (nSPS) is 14.1. The van der Waals surface area contributed by atoms with Crippen LogP contribution < -0.4 is 10.6 Å². The van der Waals surface area contributed by atoms with E-state index in [1.54, 1.807) is 49.3 Å². The van der Waals surface area contributed by atoms with Crippen LogP contribution in [-0.4, -0.2) is 50.1 Å². The fourth-order valence-electron chi connectivity index (χ4n) is 3.56. The standard InChI is InChI=1S/C22H24ClN7O3/c1-14(16-7-3-4-8-17(16)23)33-22(32)26-20-19(27-28-29(20)2)18-10-9-15(13-24-18)25-21(31)30-11-5-6-12-30/h3-4,7-10,13-14H,5-6,11-12H2,1-2H3,(H,25,31)(H,26,32)/t14-/m1/s1. The Labute approximate surface area is 195 Å². The fourth-order valence-corrected chi connectivity index (χ4v) is 3.84. The number of rotatable bonds is 5. The third-order valence-electron chi connectivity index (χ3n) is 5.32. The first-order chi connectivity index (χ1) is 15.9. The number of hydrogen-bond acceptors (Lipinski definition) is 6. The summed E-state index contributed by atoms with van der Waals surface area (Å²) in [7, 11) is 1.65. The summed E-state index contributed by atoms with van der Waals surface area (Å²) < 4.78 is 6.89. The van der Waals surface area contributed by atoms with Gasteiger partial charge in [-0.1, -0.05) is 35.0 Å². The second kappa shape index (κ2) is 9.86. The third kappa shape index (κ3) is 5.23. The molecule has 11 heteroatoms. The van der Waals surface area contributed by atoms with E-state index in [4.69, 9.17) is 16.3 Å². The number of nitrogens with zero attached hydrogens (tertiary/aromatic N) is 5. The van der Waals surface area contributed by atoms with Gasteiger partial charge in [0.1, 0.15) is 6.10 Å². The van der Waals surface area contributed by atoms with Crippen molar-refractivity contribution in [2.75, 3.05) is 23.7 Å². The number of nitrogens with one attached hydrogen (secondary N) is 2. The summed E-state index contributed by atoms with van der Waals surface area (Å²) in [5, 5.41) is 14.1. The predicted molar refractivity (Wildman–Crippen MR) is 124 cm³/mol. The van der Waals surface area contributed by atoms with Gasteiger partial charge in [0.2, 0.25) is 0 Å². The van der Waals surface area contributed by atoms with Gasteiger partial charge < -0.3 is 15.0 Å². The molecule has 0 aliphatic carbocycles. The van der Waals surface area contributed by atoms with Crippen LogP contribution in [0.25, 0.3) is 11.4 Å². The van der Waals surface area contributed by atoms with Crippen LogP contribution in [0.4, 0.5) is 21.1 Å². The number of halogens is 1. The molecule has 10 nitrogen and oxygen atoms in total. The molecule has 1 aliphatic rings. The molecule has 0 saturated carbocycles. The Bertz CT molecular complexity index is 1140. The number of aryl methyl sites for hydroxylation is 1. The van der Waals surface area contributed by atoms with Crippen molar-refractivity contribution < 1.29 is 14.3 Å². The maximum atomic E-state index is 12.5. The summed E-state index contributed by atoms with van der Waals surface area (Å²) in [6.45, 7) is 3.26. The van der Waals surface area contributed by atoms with Crippen LogP contribution in [0.15, 0.2) is 42.6 Å². The number of likely N-dealkylation sites (tertiary alicyclic amines) is 1. The third-order valence-corrected chi connectivity index (χ3v) is 5.67. The van der Waals surface area contributed by atoms with Crippen molar-refractivity contribution >= 4 is 35.2 Å². The Balaban J connectivity index is 1.43. The number of carbonyl (C=O) groups excluding carboxylic acids is 2. The molecule has 1 aliphatic heterocycles. The Kier molecular flexibility index (Phi) is 6.74. The minimum atomic E-state index is -0.677. The number of ether oxygens (including phenoxy) is 1. The molecule has 172 valence electrons. The lowest BCUT2D eigenvalue weighted by molar-refractivity contribution is 0.121. The van der Waals surface area contributed by atoms with Crippen molar-refractivity contribution in [1.82, 2.24) is 24.9 Å². The van der Waals surface area contributed by atoms with Gasteiger partial charge in [-0.25, -0.2) is 14.3 Å². The predicted octanol–water partition coefficient (Wildman–Crippen LogP) is 4.47. The highest BCUT2D eigenvalue weighted by Crippen LogP contribution is 2.27. The average molecular weight is 470 g/mol. The van der Waals surface area contributed by atoms with E-state index in [0.29, 0.717) is 33.5 Å². The Morgan fingerprint density at radius 1 is 1.12 bits per heavy atom. The molecule has 1 saturated heterocycles. The van der Waals surface area contributed by atoms with E-state index in [-0.39, 0.29) is 6.03 Å². The number of amides is 3. The van der Waals surface area contributed by atoms with E-state index in [1.165, 1.54) is 4.68 Å². The average Bonchev–Trinajstić information content (AvgIpc) is 3.46. The van der Waals surface area contributed by atoms with E-state index in [9.17, 15) is 9.59 Å². The van der Waals surface area contributed by atoms with Gasteiger partial charge in [-0.2, -0.15) is 0 Å². The SMILES string of the molecule is C[C@@H](OC(=O)Nc1c(-c2ccc(NC(=O)N3CCCC3)cn2)nnn1C)c1ccccc1Cl. The molecule has 0 spiro atoms. The maximum Gasteiger partial charge on any atom is 0.413 e. The summed E-state index contributed by atoms with van der Waals surface area (Å²) in [4.78, 5) is 30.9. The highest BCUT2D eigenvalue weighted by molar-refractivity contribution is 6.31. The van der Waals surface area contributed by atoms with Crippen LogP contribution in [0.2, 0.25) is 5.02 Å². The molecule has 3 aromatic rings. The fraction of sp³-hybridized carbons (Fsp3) is 0.318. The van der Waals surface area contributed by atoms with Gasteiger partial charge in [0, 0.05) is 30.7 Å². The molecule has 3 heterocycles. The van der Waals surface area contributed by atoms with Gasteiger partial charge in [-0.3, -0.25) is 10.3 Å². The lowest BCUT2D eigenvalue weighted by atomic mass is 10.1. The van der Waals surface area contributed by atoms with E-state index < -0.39 is 12.2 Å². The smallest absolute Gasteiger partial charge is 0.413 e. The molecule has 0 radical (unpaired) electrons. The van der Waals surface area contributed by atoms with Crippen LogP contribution in [0.3, 0.4) is 0 Å². The van der Waals surface area contributed by atoms with Crippen molar-refractivity contribution in [2.24, 2.45) is 7.05 Å². The lowest BCUT2D eigenvalue weighted by Crippen LogP contribution is -2.32. The summed E-state index contributed by atoms with van der Waals surface area (Å²) >= 11 is 6.18. The van der Waals surface area contributed by atoms with Crippen molar-refractivity contribution in [3.05, 3.63) is 53.2 Å². The van der Waals surface area contributed by atoms with Gasteiger partial charge in [0.05, 0.1) is 17.6 Å². The van der Waals surface area contributed by atoms with Crippen molar-refractivity contribution in [3.63, 3.8) is 0 Å². The Hall–Kier alpha value is -3.66. The van der Waals surface area contributed by atoms with Crippen molar-refractivity contribution in [2.45, 2.75) is 25.9 Å². The minimum absolute atomic E-state index is 0.140. The zero-order valence-corrected chi connectivity index (χ0v) is 19.0. The number of pyridine rings is 1. The number of anilines is 2. The monoisotopic (exact) mass is 469 g/mol. The lowest BCUT2D eigenvalue weighted by Gasteiger charge is -2.16. The molecule has 33 heavy (non-hydrogen) atoms. The summed E-state index contributed by atoms with van der Waals surface area (Å²) in [5.74, 6) is 0.327. The van der Waals surface area contributed by atoms with E-state index in [2.05, 4.69) is 25.9 Å². The molecule has 2 aromatic heterocycles. The molecule has 1 atom stereocenters. The summed E-state index contributed by atoms with van der Waals surface area (Å²) in [6.07, 6.45) is 2.35. The van der Waals surface area contributed by atoms with Crippen LogP contribution in [-0.2, 0) is 11.8 Å². The molecular weight excluding hydrogens is 446 g/mol. The second-order valence-electron chi connectivity index (χ2n) is 7.66. The maximum absolute atomic E-state index is 12.5. The largest absolute Gasteiger partial charge is 0.441 e. The Morgan fingerprint density at radius 2 is 1.88 bits per heavy atom. The zero-order chi connectivity index (χ0) is 23.4. The van der Waals surface area contributed by atoms with E-state index in [0.717, 1.165) is 25.9 Å². The number of aromatic nitrogens is 4. The van der Waals surface area contributed by atoms with E-state index >= 15 is 0 Å². The van der Waals surface area contributed by atoms with Crippen molar-refractivity contribution in [3.8, 4) is 11.4 Å². The van der Waals surface area contributed by atoms with Gasteiger partial charge >= 0.3 is 12.1 Å². The van der Waals surface area contributed by atoms with Crippen LogP contribution in [0, 0.1) is 0 Å². The van der Waals surface area contributed by atoms with Gasteiger partial charge in [-0.15, -0.1) is 5.10 Å². The first kappa shape index (κ1) is 22.5. The first-order valence-corrected chi connectivity index (χ1v) is 10.9. The zero-order valence-electron chi connectivity index (χ0n) is 18.3. The first-order valence-electron chi connectivity index (χ1n) is 10.6. The molecule has 0 unspecified atom stereocenters. The van der Waals surface area contributed by atoms with E-state index in [1.807, 2.05) is 12.1 Å².